The Morgan fingerprint density at radius 1 is 1.04 bits per heavy atom. The van der Waals surface area contributed by atoms with Gasteiger partial charge in [0.2, 0.25) is 10.0 Å². The molecule has 0 aliphatic carbocycles. The van der Waals surface area contributed by atoms with Gasteiger partial charge in [0, 0.05) is 26.3 Å². The van der Waals surface area contributed by atoms with Crippen molar-refractivity contribution < 1.29 is 31.1 Å². The maximum Gasteiger partial charge on any atom is 0.416 e. The van der Waals surface area contributed by atoms with Gasteiger partial charge in [-0.1, -0.05) is 6.07 Å². The second-order valence-corrected chi connectivity index (χ2v) is 6.76. The Morgan fingerprint density at radius 2 is 1.58 bits per heavy atom. The van der Waals surface area contributed by atoms with Crippen molar-refractivity contribution in [2.24, 2.45) is 0 Å². The summed E-state index contributed by atoms with van der Waals surface area (Å²) in [7, 11) is -4.07. The highest BCUT2D eigenvalue weighted by Gasteiger charge is 2.32. The van der Waals surface area contributed by atoms with E-state index in [9.17, 15) is 21.6 Å². The number of halogens is 3. The van der Waals surface area contributed by atoms with E-state index in [0.717, 1.165) is 22.5 Å². The molecule has 0 aliphatic heterocycles. The number of ether oxygens (including phenoxy) is 2. The SMILES string of the molecule is CCOCCN(CCOCC)S(=O)(=O)c1cccc(C(F)(F)F)c1. The van der Waals surface area contributed by atoms with Crippen LogP contribution >= 0.6 is 0 Å². The van der Waals surface area contributed by atoms with E-state index in [-0.39, 0.29) is 26.3 Å². The first-order chi connectivity index (χ1) is 11.2. The summed E-state index contributed by atoms with van der Waals surface area (Å²) in [4.78, 5) is -0.398. The van der Waals surface area contributed by atoms with Gasteiger partial charge < -0.3 is 9.47 Å². The molecule has 0 aromatic heterocycles. The van der Waals surface area contributed by atoms with E-state index < -0.39 is 26.7 Å². The van der Waals surface area contributed by atoms with Crippen LogP contribution in [0.15, 0.2) is 29.2 Å². The lowest BCUT2D eigenvalue weighted by molar-refractivity contribution is -0.137. The normalized spacial score (nSPS) is 12.8. The average Bonchev–Trinajstić information content (AvgIpc) is 2.53. The fourth-order valence-corrected chi connectivity index (χ4v) is 3.41. The molecule has 0 N–H and O–H groups in total. The minimum atomic E-state index is -4.60. The Labute approximate surface area is 140 Å². The smallest absolute Gasteiger partial charge is 0.380 e. The maximum absolute atomic E-state index is 12.8. The largest absolute Gasteiger partial charge is 0.416 e. The number of alkyl halides is 3. The van der Waals surface area contributed by atoms with Gasteiger partial charge in [-0.15, -0.1) is 0 Å². The van der Waals surface area contributed by atoms with E-state index in [4.69, 9.17) is 9.47 Å². The summed E-state index contributed by atoms with van der Waals surface area (Å²) in [6.45, 7) is 4.77. The van der Waals surface area contributed by atoms with Gasteiger partial charge >= 0.3 is 6.18 Å². The fraction of sp³-hybridized carbons (Fsp3) is 0.600. The third kappa shape index (κ3) is 6.04. The van der Waals surface area contributed by atoms with Crippen molar-refractivity contribution in [2.75, 3.05) is 39.5 Å². The molecule has 1 rings (SSSR count). The molecule has 0 aliphatic rings. The summed E-state index contributed by atoms with van der Waals surface area (Å²) >= 11 is 0. The van der Waals surface area contributed by atoms with Gasteiger partial charge in [-0.3, -0.25) is 0 Å². The molecule has 9 heteroatoms. The Balaban J connectivity index is 3.05. The zero-order valence-electron chi connectivity index (χ0n) is 13.7. The lowest BCUT2D eigenvalue weighted by Crippen LogP contribution is -2.36. The molecule has 138 valence electrons. The van der Waals surface area contributed by atoms with Crippen molar-refractivity contribution in [3.05, 3.63) is 29.8 Å². The lowest BCUT2D eigenvalue weighted by atomic mass is 10.2. The van der Waals surface area contributed by atoms with Gasteiger partial charge in [0.15, 0.2) is 0 Å². The minimum Gasteiger partial charge on any atom is -0.380 e. The Morgan fingerprint density at radius 3 is 2.04 bits per heavy atom. The van der Waals surface area contributed by atoms with E-state index in [1.165, 1.54) is 0 Å². The van der Waals surface area contributed by atoms with E-state index in [2.05, 4.69) is 0 Å². The van der Waals surface area contributed by atoms with Crippen LogP contribution in [0.4, 0.5) is 13.2 Å². The quantitative estimate of drug-likeness (QED) is 0.595. The topological polar surface area (TPSA) is 55.8 Å². The van der Waals surface area contributed by atoms with Crippen LogP contribution in [-0.4, -0.2) is 52.2 Å². The van der Waals surface area contributed by atoms with Crippen LogP contribution in [0, 0.1) is 0 Å². The molecule has 0 heterocycles. The predicted octanol–water partition coefficient (Wildman–Crippen LogP) is 2.77. The molecule has 0 saturated carbocycles. The third-order valence-electron chi connectivity index (χ3n) is 3.18. The summed E-state index contributed by atoms with van der Waals surface area (Å²) in [6.07, 6.45) is -4.60. The highest BCUT2D eigenvalue weighted by atomic mass is 32.2. The van der Waals surface area contributed by atoms with E-state index >= 15 is 0 Å². The van der Waals surface area contributed by atoms with Gasteiger partial charge in [0.25, 0.3) is 0 Å². The van der Waals surface area contributed by atoms with E-state index in [0.29, 0.717) is 19.3 Å². The number of benzene rings is 1. The molecule has 1 aromatic carbocycles. The van der Waals surface area contributed by atoms with E-state index in [1.807, 2.05) is 0 Å². The molecule has 1 aromatic rings. The highest BCUT2D eigenvalue weighted by molar-refractivity contribution is 7.89. The second kappa shape index (κ2) is 9.36. The molecule has 0 atom stereocenters. The summed E-state index contributed by atoms with van der Waals surface area (Å²) in [6, 6.07) is 3.71. The van der Waals surface area contributed by atoms with Crippen LogP contribution in [-0.2, 0) is 25.7 Å². The fourth-order valence-electron chi connectivity index (χ4n) is 1.96. The Bertz CT molecular complexity index is 595. The number of hydrogen-bond donors (Lipinski definition) is 0. The molecule has 24 heavy (non-hydrogen) atoms. The van der Waals surface area contributed by atoms with Crippen LogP contribution < -0.4 is 0 Å². The average molecular weight is 369 g/mol. The maximum atomic E-state index is 12.8. The van der Waals surface area contributed by atoms with Crippen LogP contribution in [0.25, 0.3) is 0 Å². The molecular formula is C15H22F3NO4S. The third-order valence-corrected chi connectivity index (χ3v) is 5.07. The predicted molar refractivity (Wildman–Crippen MR) is 83.2 cm³/mol. The molecule has 0 radical (unpaired) electrons. The first-order valence-electron chi connectivity index (χ1n) is 7.56. The molecule has 0 saturated heterocycles. The Kier molecular flexibility index (Phi) is 8.14. The number of sulfonamides is 1. The number of rotatable bonds is 10. The zero-order chi connectivity index (χ0) is 18.2. The standard InChI is InChI=1S/C15H22F3NO4S/c1-3-22-10-8-19(9-11-23-4-2)24(20,21)14-7-5-6-13(12-14)15(16,17)18/h5-7,12H,3-4,8-11H2,1-2H3. The second-order valence-electron chi connectivity index (χ2n) is 4.82. The first kappa shape index (κ1) is 20.9. The lowest BCUT2D eigenvalue weighted by Gasteiger charge is -2.22. The van der Waals surface area contributed by atoms with Crippen molar-refractivity contribution >= 4 is 10.0 Å². The van der Waals surface area contributed by atoms with E-state index in [1.54, 1.807) is 13.8 Å². The van der Waals surface area contributed by atoms with Gasteiger partial charge in [0.05, 0.1) is 23.7 Å². The first-order valence-corrected chi connectivity index (χ1v) is 9.00. The number of hydrogen-bond acceptors (Lipinski definition) is 4. The minimum absolute atomic E-state index is 0.0412. The summed E-state index contributed by atoms with van der Waals surface area (Å²) in [5.41, 5.74) is -1.00. The molecule has 0 amide bonds. The molecule has 0 unspecified atom stereocenters. The van der Waals surface area contributed by atoms with Gasteiger partial charge in [0.1, 0.15) is 0 Å². The molecular weight excluding hydrogens is 347 g/mol. The molecule has 0 fully saturated rings. The van der Waals surface area contributed by atoms with Crippen molar-refractivity contribution in [3.8, 4) is 0 Å². The van der Waals surface area contributed by atoms with Gasteiger partial charge in [-0.05, 0) is 32.0 Å². The van der Waals surface area contributed by atoms with Crippen LogP contribution in [0.1, 0.15) is 19.4 Å². The number of nitrogens with zero attached hydrogens (tertiary/aromatic N) is 1. The van der Waals surface area contributed by atoms with Crippen LogP contribution in [0.3, 0.4) is 0 Å². The van der Waals surface area contributed by atoms with Crippen molar-refractivity contribution in [1.82, 2.24) is 4.31 Å². The monoisotopic (exact) mass is 369 g/mol. The van der Waals surface area contributed by atoms with Crippen molar-refractivity contribution in [2.45, 2.75) is 24.9 Å². The van der Waals surface area contributed by atoms with Crippen molar-refractivity contribution in [3.63, 3.8) is 0 Å². The van der Waals surface area contributed by atoms with Gasteiger partial charge in [-0.2, -0.15) is 17.5 Å². The summed E-state index contributed by atoms with van der Waals surface area (Å²) in [5.74, 6) is 0. The van der Waals surface area contributed by atoms with Crippen LogP contribution in [0.2, 0.25) is 0 Å². The molecule has 0 spiro atoms. The summed E-state index contributed by atoms with van der Waals surface area (Å²) in [5, 5.41) is 0. The highest BCUT2D eigenvalue weighted by Crippen LogP contribution is 2.31. The summed E-state index contributed by atoms with van der Waals surface area (Å²) < 4.78 is 75.1. The zero-order valence-corrected chi connectivity index (χ0v) is 14.5. The van der Waals surface area contributed by atoms with Crippen molar-refractivity contribution in [1.29, 1.82) is 0 Å². The van der Waals surface area contributed by atoms with Crippen LogP contribution in [0.5, 0.6) is 0 Å². The molecule has 5 nitrogen and oxygen atoms in total. The van der Waals surface area contributed by atoms with Gasteiger partial charge in [-0.25, -0.2) is 8.42 Å². The Hall–Kier alpha value is -1.16. The molecule has 0 bridgehead atoms.